The van der Waals surface area contributed by atoms with E-state index in [2.05, 4.69) is 36.1 Å². The number of benzene rings is 2. The lowest BCUT2D eigenvalue weighted by Gasteiger charge is -2.38. The van der Waals surface area contributed by atoms with E-state index in [1.54, 1.807) is 12.1 Å². The van der Waals surface area contributed by atoms with Crippen molar-refractivity contribution in [3.63, 3.8) is 0 Å². The average molecular weight is 500 g/mol. The summed E-state index contributed by atoms with van der Waals surface area (Å²) in [7, 11) is -3.64. The van der Waals surface area contributed by atoms with E-state index >= 15 is 0 Å². The lowest BCUT2D eigenvalue weighted by molar-refractivity contribution is -0.138. The number of rotatable bonds is 5. The van der Waals surface area contributed by atoms with E-state index in [1.807, 2.05) is 4.90 Å². The molecule has 3 aliphatic rings. The SMILES string of the molecule is Cc1ccccc1CN1CCN(C(=O)C2CCN(S(=O)(=O)c3ccc4c(c3)OCCO4)CC2)CC1. The van der Waals surface area contributed by atoms with Gasteiger partial charge in [0.25, 0.3) is 0 Å². The molecule has 2 saturated heterocycles. The van der Waals surface area contributed by atoms with Crippen LogP contribution in [0.3, 0.4) is 0 Å². The number of ether oxygens (including phenoxy) is 2. The Balaban J connectivity index is 1.13. The number of amides is 1. The maximum absolute atomic E-state index is 13.2. The molecule has 0 aromatic heterocycles. The number of carbonyl (C=O) groups excluding carboxylic acids is 1. The Morgan fingerprint density at radius 1 is 0.914 bits per heavy atom. The van der Waals surface area contributed by atoms with Gasteiger partial charge in [-0.25, -0.2) is 8.42 Å². The summed E-state index contributed by atoms with van der Waals surface area (Å²) in [6.45, 7) is 7.77. The van der Waals surface area contributed by atoms with Gasteiger partial charge < -0.3 is 14.4 Å². The van der Waals surface area contributed by atoms with Crippen molar-refractivity contribution >= 4 is 15.9 Å². The predicted octanol–water partition coefficient (Wildman–Crippen LogP) is 2.51. The molecule has 2 aromatic rings. The Bertz CT molecular complexity index is 1170. The fourth-order valence-electron chi connectivity index (χ4n) is 5.09. The molecular formula is C26H33N3O5S. The van der Waals surface area contributed by atoms with Crippen molar-refractivity contribution in [2.75, 3.05) is 52.5 Å². The van der Waals surface area contributed by atoms with Gasteiger partial charge in [0.2, 0.25) is 15.9 Å². The number of nitrogens with zero attached hydrogens (tertiary/aromatic N) is 3. The van der Waals surface area contributed by atoms with E-state index in [0.717, 1.165) is 32.7 Å². The highest BCUT2D eigenvalue weighted by atomic mass is 32.2. The highest BCUT2D eigenvalue weighted by Gasteiger charge is 2.35. The number of hydrogen-bond donors (Lipinski definition) is 0. The van der Waals surface area contributed by atoms with Crippen molar-refractivity contribution in [1.29, 1.82) is 0 Å². The van der Waals surface area contributed by atoms with E-state index in [4.69, 9.17) is 9.47 Å². The number of piperidine rings is 1. The van der Waals surface area contributed by atoms with Crippen LogP contribution in [0.2, 0.25) is 0 Å². The van der Waals surface area contributed by atoms with Gasteiger partial charge in [0.05, 0.1) is 4.90 Å². The van der Waals surface area contributed by atoms with Crippen LogP contribution in [0, 0.1) is 12.8 Å². The molecule has 188 valence electrons. The zero-order valence-corrected chi connectivity index (χ0v) is 21.0. The van der Waals surface area contributed by atoms with Gasteiger partial charge in [0.1, 0.15) is 13.2 Å². The second-order valence-electron chi connectivity index (χ2n) is 9.51. The van der Waals surface area contributed by atoms with Gasteiger partial charge in [0, 0.05) is 57.8 Å². The molecule has 0 atom stereocenters. The summed E-state index contributed by atoms with van der Waals surface area (Å²) in [4.78, 5) is 17.7. The molecule has 0 spiro atoms. The van der Waals surface area contributed by atoms with Crippen molar-refractivity contribution in [1.82, 2.24) is 14.1 Å². The molecule has 9 heteroatoms. The summed E-state index contributed by atoms with van der Waals surface area (Å²) in [5.41, 5.74) is 2.63. The van der Waals surface area contributed by atoms with Crippen molar-refractivity contribution in [3.05, 3.63) is 53.6 Å². The Kier molecular flexibility index (Phi) is 7.00. The molecule has 1 amide bonds. The molecule has 0 unspecified atom stereocenters. The molecular weight excluding hydrogens is 466 g/mol. The van der Waals surface area contributed by atoms with Crippen LogP contribution in [0.5, 0.6) is 11.5 Å². The summed E-state index contributed by atoms with van der Waals surface area (Å²) in [5, 5.41) is 0. The van der Waals surface area contributed by atoms with Crippen LogP contribution in [0.15, 0.2) is 47.4 Å². The Hall–Kier alpha value is -2.62. The molecule has 5 rings (SSSR count). The zero-order valence-electron chi connectivity index (χ0n) is 20.2. The third-order valence-corrected chi connectivity index (χ3v) is 9.19. The fraction of sp³-hybridized carbons (Fsp3) is 0.500. The van der Waals surface area contributed by atoms with Gasteiger partial charge in [-0.3, -0.25) is 9.69 Å². The molecule has 3 aliphatic heterocycles. The monoisotopic (exact) mass is 499 g/mol. The summed E-state index contributed by atoms with van der Waals surface area (Å²) in [6, 6.07) is 13.2. The molecule has 0 bridgehead atoms. The van der Waals surface area contributed by atoms with Crippen LogP contribution in [-0.4, -0.2) is 80.9 Å². The minimum Gasteiger partial charge on any atom is -0.486 e. The van der Waals surface area contributed by atoms with Crippen LogP contribution < -0.4 is 9.47 Å². The number of aryl methyl sites for hydroxylation is 1. The maximum atomic E-state index is 13.2. The molecule has 0 radical (unpaired) electrons. The van der Waals surface area contributed by atoms with Crippen molar-refractivity contribution < 1.29 is 22.7 Å². The largest absolute Gasteiger partial charge is 0.486 e. The second kappa shape index (κ2) is 10.2. The summed E-state index contributed by atoms with van der Waals surface area (Å²) in [6.07, 6.45) is 1.10. The number of piperazine rings is 1. The lowest BCUT2D eigenvalue weighted by Crippen LogP contribution is -2.51. The summed E-state index contributed by atoms with van der Waals surface area (Å²) < 4.78 is 38.9. The predicted molar refractivity (Wildman–Crippen MR) is 132 cm³/mol. The van der Waals surface area contributed by atoms with Gasteiger partial charge >= 0.3 is 0 Å². The third-order valence-electron chi connectivity index (χ3n) is 7.29. The first-order valence-electron chi connectivity index (χ1n) is 12.4. The first-order valence-corrected chi connectivity index (χ1v) is 13.8. The maximum Gasteiger partial charge on any atom is 0.243 e. The molecule has 8 nitrogen and oxygen atoms in total. The summed E-state index contributed by atoms with van der Waals surface area (Å²) in [5.74, 6) is 1.07. The quantitative estimate of drug-likeness (QED) is 0.629. The number of fused-ring (bicyclic) bond motifs is 1. The Morgan fingerprint density at radius 2 is 1.60 bits per heavy atom. The molecule has 2 fully saturated rings. The van der Waals surface area contributed by atoms with E-state index in [1.165, 1.54) is 21.5 Å². The smallest absolute Gasteiger partial charge is 0.243 e. The number of hydrogen-bond acceptors (Lipinski definition) is 6. The molecule has 0 saturated carbocycles. The van der Waals surface area contributed by atoms with Crippen LogP contribution in [0.25, 0.3) is 0 Å². The Morgan fingerprint density at radius 3 is 2.31 bits per heavy atom. The lowest BCUT2D eigenvalue weighted by atomic mass is 9.96. The standard InChI is InChI=1S/C26H33N3O5S/c1-20-4-2-3-5-22(20)19-27-12-14-28(15-13-27)26(30)21-8-10-29(11-9-21)35(31,32)23-6-7-24-25(18-23)34-17-16-33-24/h2-7,18,21H,8-17,19H2,1H3. The average Bonchev–Trinajstić information content (AvgIpc) is 2.90. The molecule has 35 heavy (non-hydrogen) atoms. The van der Waals surface area contributed by atoms with E-state index in [0.29, 0.717) is 50.6 Å². The van der Waals surface area contributed by atoms with Crippen molar-refractivity contribution in [2.24, 2.45) is 5.92 Å². The first kappa shape index (κ1) is 24.1. The molecule has 3 heterocycles. The van der Waals surface area contributed by atoms with Gasteiger partial charge in [-0.2, -0.15) is 4.31 Å². The van der Waals surface area contributed by atoms with E-state index in [-0.39, 0.29) is 16.7 Å². The number of carbonyl (C=O) groups is 1. The van der Waals surface area contributed by atoms with Crippen molar-refractivity contribution in [2.45, 2.75) is 31.2 Å². The van der Waals surface area contributed by atoms with E-state index < -0.39 is 10.0 Å². The van der Waals surface area contributed by atoms with Crippen molar-refractivity contribution in [3.8, 4) is 11.5 Å². The van der Waals surface area contributed by atoms with Crippen LogP contribution >= 0.6 is 0 Å². The van der Waals surface area contributed by atoms with Crippen LogP contribution in [0.4, 0.5) is 0 Å². The Labute approximate surface area is 207 Å². The zero-order chi connectivity index (χ0) is 24.4. The van der Waals surface area contributed by atoms with Crippen LogP contribution in [-0.2, 0) is 21.4 Å². The van der Waals surface area contributed by atoms with Gasteiger partial charge in [-0.1, -0.05) is 24.3 Å². The van der Waals surface area contributed by atoms with Gasteiger partial charge in [-0.05, 0) is 43.0 Å². The van der Waals surface area contributed by atoms with Gasteiger partial charge in [-0.15, -0.1) is 0 Å². The minimum absolute atomic E-state index is 0.121. The third kappa shape index (κ3) is 5.17. The normalized spacial score (nSPS) is 20.1. The summed E-state index contributed by atoms with van der Waals surface area (Å²) >= 11 is 0. The second-order valence-corrected chi connectivity index (χ2v) is 11.4. The molecule has 2 aromatic carbocycles. The number of sulfonamides is 1. The molecule has 0 aliphatic carbocycles. The highest BCUT2D eigenvalue weighted by Crippen LogP contribution is 2.34. The topological polar surface area (TPSA) is 79.4 Å². The fourth-order valence-corrected chi connectivity index (χ4v) is 6.57. The minimum atomic E-state index is -3.64. The first-order chi connectivity index (χ1) is 16.9. The van der Waals surface area contributed by atoms with Gasteiger partial charge in [0.15, 0.2) is 11.5 Å². The highest BCUT2D eigenvalue weighted by molar-refractivity contribution is 7.89. The van der Waals surface area contributed by atoms with E-state index in [9.17, 15) is 13.2 Å². The van der Waals surface area contributed by atoms with Crippen LogP contribution in [0.1, 0.15) is 24.0 Å². The molecule has 0 N–H and O–H groups in total.